The zero-order valence-electron chi connectivity index (χ0n) is 12.1. The van der Waals surface area contributed by atoms with E-state index in [-0.39, 0.29) is 5.91 Å². The molecule has 0 bridgehead atoms. The van der Waals surface area contributed by atoms with Gasteiger partial charge in [-0.3, -0.25) is 4.79 Å². The third-order valence-electron chi connectivity index (χ3n) is 3.13. The highest BCUT2D eigenvalue weighted by Crippen LogP contribution is 2.18. The van der Waals surface area contributed by atoms with E-state index in [1.165, 1.54) is 11.3 Å². The van der Waals surface area contributed by atoms with Crippen LogP contribution in [0.25, 0.3) is 6.08 Å². The maximum Gasteiger partial charge on any atom is 0.328 e. The van der Waals surface area contributed by atoms with Crippen molar-refractivity contribution in [3.8, 4) is 0 Å². The summed E-state index contributed by atoms with van der Waals surface area (Å²) in [6, 6.07) is 1.91. The van der Waals surface area contributed by atoms with Crippen molar-refractivity contribution in [2.45, 2.75) is 33.2 Å². The molecule has 110 valence electrons. The number of carbonyl (C=O) groups is 2. The molecule has 1 rings (SSSR count). The zero-order chi connectivity index (χ0) is 15.1. The van der Waals surface area contributed by atoms with Crippen LogP contribution in [-0.2, 0) is 16.1 Å². The number of carbonyl (C=O) groups excluding carboxylic acids is 1. The molecule has 4 nitrogen and oxygen atoms in total. The van der Waals surface area contributed by atoms with Crippen LogP contribution in [-0.4, -0.2) is 28.9 Å². The molecule has 0 saturated heterocycles. The quantitative estimate of drug-likeness (QED) is 0.786. The van der Waals surface area contributed by atoms with Crippen molar-refractivity contribution in [3.63, 3.8) is 0 Å². The van der Waals surface area contributed by atoms with Crippen molar-refractivity contribution >= 4 is 29.3 Å². The van der Waals surface area contributed by atoms with E-state index < -0.39 is 5.97 Å². The maximum absolute atomic E-state index is 12.0. The van der Waals surface area contributed by atoms with Crippen molar-refractivity contribution < 1.29 is 14.7 Å². The highest BCUT2D eigenvalue weighted by Gasteiger charge is 2.13. The van der Waals surface area contributed by atoms with Crippen LogP contribution in [0.2, 0.25) is 0 Å². The summed E-state index contributed by atoms with van der Waals surface area (Å²) >= 11 is 1.48. The monoisotopic (exact) mass is 295 g/mol. The molecule has 0 saturated carbocycles. The van der Waals surface area contributed by atoms with Crippen molar-refractivity contribution in [3.05, 3.63) is 28.0 Å². The Balaban J connectivity index is 2.56. The Hall–Kier alpha value is -1.62. The van der Waals surface area contributed by atoms with Crippen molar-refractivity contribution in [1.82, 2.24) is 4.90 Å². The largest absolute Gasteiger partial charge is 0.478 e. The van der Waals surface area contributed by atoms with Crippen LogP contribution in [0.15, 0.2) is 17.5 Å². The second kappa shape index (κ2) is 7.85. The van der Waals surface area contributed by atoms with E-state index in [9.17, 15) is 9.59 Å². The molecule has 1 atom stereocenters. The molecule has 1 heterocycles. The number of rotatable bonds is 7. The van der Waals surface area contributed by atoms with Gasteiger partial charge in [-0.15, -0.1) is 11.3 Å². The molecule has 1 aromatic rings. The Bertz CT molecular complexity index is 493. The lowest BCUT2D eigenvalue weighted by atomic mass is 10.0. The minimum absolute atomic E-state index is 0.146. The summed E-state index contributed by atoms with van der Waals surface area (Å²) in [6.45, 7) is 4.72. The molecule has 0 spiro atoms. The predicted molar refractivity (Wildman–Crippen MR) is 81.5 cm³/mol. The van der Waals surface area contributed by atoms with Gasteiger partial charge in [0.25, 0.3) is 0 Å². The molecule has 0 aliphatic carbocycles. The first kappa shape index (κ1) is 16.4. The van der Waals surface area contributed by atoms with Gasteiger partial charge in [-0.25, -0.2) is 4.79 Å². The van der Waals surface area contributed by atoms with Gasteiger partial charge in [0.05, 0.1) is 0 Å². The Morgan fingerprint density at radius 2 is 2.20 bits per heavy atom. The van der Waals surface area contributed by atoms with Crippen LogP contribution in [0.3, 0.4) is 0 Å². The maximum atomic E-state index is 12.0. The molecule has 0 radical (unpaired) electrons. The number of thiophene rings is 1. The predicted octanol–water partition coefficient (Wildman–Crippen LogP) is 3.24. The fourth-order valence-electron chi connectivity index (χ4n) is 1.68. The highest BCUT2D eigenvalue weighted by atomic mass is 32.1. The number of amides is 1. The molecule has 0 aliphatic rings. The van der Waals surface area contributed by atoms with E-state index in [0.717, 1.165) is 22.9 Å². The van der Waals surface area contributed by atoms with Crippen LogP contribution in [0, 0.1) is 5.92 Å². The van der Waals surface area contributed by atoms with Gasteiger partial charge in [-0.05, 0) is 29.0 Å². The van der Waals surface area contributed by atoms with Gasteiger partial charge in [0, 0.05) is 31.0 Å². The smallest absolute Gasteiger partial charge is 0.328 e. The van der Waals surface area contributed by atoms with Gasteiger partial charge < -0.3 is 10.0 Å². The normalized spacial score (nSPS) is 12.6. The first-order chi connectivity index (χ1) is 9.42. The average molecular weight is 295 g/mol. The van der Waals surface area contributed by atoms with E-state index in [4.69, 9.17) is 5.11 Å². The SMILES string of the molecule is CCC(C)CC(=O)N(C)Cc1csc(/C=C/C(=O)O)c1. The fourth-order valence-corrected chi connectivity index (χ4v) is 2.47. The Morgan fingerprint density at radius 1 is 1.50 bits per heavy atom. The summed E-state index contributed by atoms with van der Waals surface area (Å²) in [5.74, 6) is -0.407. The number of nitrogens with zero attached hydrogens (tertiary/aromatic N) is 1. The molecule has 1 amide bonds. The number of carboxylic acids is 1. The minimum atomic E-state index is -0.958. The van der Waals surface area contributed by atoms with Crippen LogP contribution in [0.4, 0.5) is 0 Å². The fraction of sp³-hybridized carbons (Fsp3) is 0.467. The summed E-state index contributed by atoms with van der Waals surface area (Å²) in [6.07, 6.45) is 4.26. The Morgan fingerprint density at radius 3 is 2.80 bits per heavy atom. The van der Waals surface area contributed by atoms with Gasteiger partial charge in [0.1, 0.15) is 0 Å². The second-order valence-corrected chi connectivity index (χ2v) is 5.94. The minimum Gasteiger partial charge on any atom is -0.478 e. The van der Waals surface area contributed by atoms with E-state index in [1.54, 1.807) is 18.0 Å². The third kappa shape index (κ3) is 5.57. The summed E-state index contributed by atoms with van der Waals surface area (Å²) in [4.78, 5) is 25.0. The summed E-state index contributed by atoms with van der Waals surface area (Å²) < 4.78 is 0. The van der Waals surface area contributed by atoms with Crippen molar-refractivity contribution in [1.29, 1.82) is 0 Å². The molecular formula is C15H21NO3S. The third-order valence-corrected chi connectivity index (χ3v) is 4.08. The highest BCUT2D eigenvalue weighted by molar-refractivity contribution is 7.11. The van der Waals surface area contributed by atoms with Gasteiger partial charge in [0.2, 0.25) is 5.91 Å². The molecule has 1 N–H and O–H groups in total. The van der Waals surface area contributed by atoms with Crippen LogP contribution < -0.4 is 0 Å². The van der Waals surface area contributed by atoms with E-state index in [2.05, 4.69) is 13.8 Å². The standard InChI is InChI=1S/C15H21NO3S/c1-4-11(2)7-14(17)16(3)9-12-8-13(20-10-12)5-6-15(18)19/h5-6,8,10-11H,4,7,9H2,1-3H3,(H,18,19)/b6-5+. The molecule has 5 heteroatoms. The number of hydrogen-bond acceptors (Lipinski definition) is 3. The van der Waals surface area contributed by atoms with Crippen LogP contribution >= 0.6 is 11.3 Å². The second-order valence-electron chi connectivity index (χ2n) is 5.00. The van der Waals surface area contributed by atoms with Gasteiger partial charge >= 0.3 is 5.97 Å². The lowest BCUT2D eigenvalue weighted by Crippen LogP contribution is -2.27. The molecule has 0 fully saturated rings. The molecule has 0 aliphatic heterocycles. The first-order valence-electron chi connectivity index (χ1n) is 6.64. The van der Waals surface area contributed by atoms with Crippen molar-refractivity contribution in [2.24, 2.45) is 5.92 Å². The molecule has 1 unspecified atom stereocenters. The number of hydrogen-bond donors (Lipinski definition) is 1. The average Bonchev–Trinajstić information content (AvgIpc) is 2.83. The van der Waals surface area contributed by atoms with Gasteiger partial charge in [-0.1, -0.05) is 20.3 Å². The lowest BCUT2D eigenvalue weighted by molar-refractivity contribution is -0.132. The molecule has 1 aromatic heterocycles. The van der Waals surface area contributed by atoms with E-state index in [0.29, 0.717) is 18.9 Å². The van der Waals surface area contributed by atoms with Gasteiger partial charge in [-0.2, -0.15) is 0 Å². The number of aliphatic carboxylic acids is 1. The molecule has 20 heavy (non-hydrogen) atoms. The van der Waals surface area contributed by atoms with Crippen molar-refractivity contribution in [2.75, 3.05) is 7.05 Å². The van der Waals surface area contributed by atoms with E-state index >= 15 is 0 Å². The molecular weight excluding hydrogens is 274 g/mol. The topological polar surface area (TPSA) is 57.6 Å². The molecule has 0 aromatic carbocycles. The lowest BCUT2D eigenvalue weighted by Gasteiger charge is -2.18. The first-order valence-corrected chi connectivity index (χ1v) is 7.52. The van der Waals surface area contributed by atoms with E-state index in [1.807, 2.05) is 11.4 Å². The Kier molecular flexibility index (Phi) is 6.45. The summed E-state index contributed by atoms with van der Waals surface area (Å²) in [7, 11) is 1.80. The van der Waals surface area contributed by atoms with Crippen LogP contribution in [0.5, 0.6) is 0 Å². The summed E-state index contributed by atoms with van der Waals surface area (Å²) in [5.41, 5.74) is 1.03. The van der Waals surface area contributed by atoms with Gasteiger partial charge in [0.15, 0.2) is 0 Å². The Labute approximate surface area is 123 Å². The zero-order valence-corrected chi connectivity index (χ0v) is 12.9. The summed E-state index contributed by atoms with van der Waals surface area (Å²) in [5, 5.41) is 10.5. The van der Waals surface area contributed by atoms with Crippen LogP contribution in [0.1, 0.15) is 37.1 Å². The number of carboxylic acid groups (broad SMARTS) is 1.